The van der Waals surface area contributed by atoms with Gasteiger partial charge in [0.1, 0.15) is 54.3 Å². The van der Waals surface area contributed by atoms with Crippen LogP contribution in [0.25, 0.3) is 10.9 Å². The summed E-state index contributed by atoms with van der Waals surface area (Å²) in [6.45, 7) is -0.582. The van der Waals surface area contributed by atoms with E-state index in [1.54, 1.807) is 30.5 Å². The van der Waals surface area contributed by atoms with Gasteiger partial charge in [0.05, 0.1) is 19.1 Å². The van der Waals surface area contributed by atoms with Gasteiger partial charge in [-0.05, 0) is 55.0 Å². The number of guanidine groups is 2. The Balaban J connectivity index is 1.61. The van der Waals surface area contributed by atoms with Crippen molar-refractivity contribution in [1.29, 1.82) is 0 Å². The van der Waals surface area contributed by atoms with Crippen molar-refractivity contribution >= 4 is 52.4 Å². The maximum atomic E-state index is 14.4. The van der Waals surface area contributed by atoms with Crippen molar-refractivity contribution in [3.05, 3.63) is 65.9 Å². The summed E-state index contributed by atoms with van der Waals surface area (Å²) in [7, 11) is 0. The second-order valence-corrected chi connectivity index (χ2v) is 15.1. The molecule has 3 aromatic rings. The van der Waals surface area contributed by atoms with Crippen LogP contribution in [0.1, 0.15) is 43.2 Å². The zero-order valence-corrected chi connectivity index (χ0v) is 34.4. The second kappa shape index (κ2) is 23.6. The molecule has 2 heterocycles. The lowest BCUT2D eigenvalue weighted by molar-refractivity contribution is -0.229. The Hall–Kier alpha value is -6.53. The highest BCUT2D eigenvalue weighted by molar-refractivity contribution is 5.96. The van der Waals surface area contributed by atoms with Crippen molar-refractivity contribution in [1.82, 2.24) is 26.3 Å². The number of aromatic nitrogens is 1. The third-order valence-corrected chi connectivity index (χ3v) is 10.3. The number of phenolic OH excluding ortho intramolecular Hbond substituents is 1. The predicted octanol–water partition coefficient (Wildman–Crippen LogP) is -4.58. The number of hydrogen-bond donors (Lipinski definition) is 15. The first kappa shape index (κ1) is 49.1. The highest BCUT2D eigenvalue weighted by Gasteiger charge is 2.44. The lowest BCUT2D eigenvalue weighted by Crippen LogP contribution is -2.60. The minimum absolute atomic E-state index is 0.0102. The van der Waals surface area contributed by atoms with Gasteiger partial charge in [0.2, 0.25) is 29.5 Å². The van der Waals surface area contributed by atoms with Gasteiger partial charge in [0.25, 0.3) is 0 Å². The van der Waals surface area contributed by atoms with E-state index in [0.717, 1.165) is 10.9 Å². The lowest BCUT2D eigenvalue weighted by Gasteiger charge is -2.40. The van der Waals surface area contributed by atoms with Gasteiger partial charge in [-0.1, -0.05) is 30.3 Å². The third-order valence-electron chi connectivity index (χ3n) is 10.3. The molecule has 2 aromatic carbocycles. The van der Waals surface area contributed by atoms with E-state index < -0.39 is 97.3 Å². The van der Waals surface area contributed by atoms with E-state index in [4.69, 9.17) is 33.4 Å². The van der Waals surface area contributed by atoms with Crippen molar-refractivity contribution < 1.29 is 54.2 Å². The van der Waals surface area contributed by atoms with E-state index in [1.165, 1.54) is 12.1 Å². The molecule has 1 saturated heterocycles. The molecule has 5 amide bonds. The predicted molar refractivity (Wildman–Crippen MR) is 229 cm³/mol. The largest absolute Gasteiger partial charge is 0.508 e. The van der Waals surface area contributed by atoms with Gasteiger partial charge in [0.15, 0.2) is 11.9 Å². The summed E-state index contributed by atoms with van der Waals surface area (Å²) < 4.78 is 5.47. The molecule has 23 nitrogen and oxygen atoms in total. The molecule has 0 unspecified atom stereocenters. The number of phenols is 1. The number of amides is 5. The van der Waals surface area contributed by atoms with Gasteiger partial charge >= 0.3 is 0 Å². The number of ether oxygens (including phenoxy) is 1. The Kier molecular flexibility index (Phi) is 18.4. The normalized spacial score (nSPS) is 20.3. The third kappa shape index (κ3) is 14.8. The Morgan fingerprint density at radius 2 is 1.22 bits per heavy atom. The fourth-order valence-corrected chi connectivity index (χ4v) is 6.97. The number of nitrogens with one attached hydrogen (secondary N) is 5. The van der Waals surface area contributed by atoms with Crippen molar-refractivity contribution in [2.75, 3.05) is 19.7 Å². The van der Waals surface area contributed by atoms with Gasteiger partial charge in [-0.25, -0.2) is 0 Å². The van der Waals surface area contributed by atoms with Crippen LogP contribution >= 0.6 is 0 Å². The Morgan fingerprint density at radius 3 is 1.81 bits per heavy atom. The maximum absolute atomic E-state index is 14.4. The highest BCUT2D eigenvalue weighted by Crippen LogP contribution is 2.24. The summed E-state index contributed by atoms with van der Waals surface area (Å²) in [5.74, 6) is -4.56. The number of aliphatic hydroxyl groups is 4. The lowest BCUT2D eigenvalue weighted by atomic mass is 9.93. The number of nitrogens with zero attached hydrogens (tertiary/aromatic N) is 2. The van der Waals surface area contributed by atoms with Crippen molar-refractivity contribution in [3.8, 4) is 5.75 Å². The fraction of sp³-hybridized carbons (Fsp3) is 0.475. The van der Waals surface area contributed by atoms with E-state index in [-0.39, 0.29) is 69.3 Å². The number of aliphatic hydroxyl groups excluding tert-OH is 4. The van der Waals surface area contributed by atoms with E-state index in [1.807, 2.05) is 12.1 Å². The number of carbonyl (C=O) groups excluding carboxylic acids is 5. The number of carbonyl (C=O) groups is 5. The number of para-hydroxylation sites is 1. The summed E-state index contributed by atoms with van der Waals surface area (Å²) in [6.07, 6.45) is -6.61. The second-order valence-electron chi connectivity index (χ2n) is 15.1. The zero-order chi connectivity index (χ0) is 46.2. The van der Waals surface area contributed by atoms with Crippen LogP contribution in [0.5, 0.6) is 5.75 Å². The highest BCUT2D eigenvalue weighted by atomic mass is 16.5. The summed E-state index contributed by atoms with van der Waals surface area (Å²) in [6, 6.07) is 7.85. The quantitative estimate of drug-likeness (QED) is 0.0242. The van der Waals surface area contributed by atoms with Gasteiger partial charge in [-0.15, -0.1) is 0 Å². The number of benzene rings is 2. The minimum Gasteiger partial charge on any atom is -0.508 e. The van der Waals surface area contributed by atoms with Crippen molar-refractivity contribution in [2.24, 2.45) is 38.7 Å². The summed E-state index contributed by atoms with van der Waals surface area (Å²) >= 11 is 0. The number of fused-ring (bicyclic) bond motifs is 1. The average Bonchev–Trinajstić information content (AvgIpc) is 3.65. The molecule has 0 saturated carbocycles. The van der Waals surface area contributed by atoms with Crippen LogP contribution in [0.3, 0.4) is 0 Å². The van der Waals surface area contributed by atoms with Crippen LogP contribution in [0.4, 0.5) is 0 Å². The molecule has 1 aliphatic heterocycles. The monoisotopic (exact) mass is 882 g/mol. The number of H-pyrrole nitrogens is 1. The van der Waals surface area contributed by atoms with E-state index in [2.05, 4.69) is 36.2 Å². The molecule has 0 radical (unpaired) electrons. The summed E-state index contributed by atoms with van der Waals surface area (Å²) in [5, 5.41) is 61.5. The van der Waals surface area contributed by atoms with Crippen molar-refractivity contribution in [3.63, 3.8) is 0 Å². The molecule has 344 valence electrons. The molecule has 0 bridgehead atoms. The smallest absolute Gasteiger partial charge is 0.243 e. The first-order valence-corrected chi connectivity index (χ1v) is 20.2. The molecule has 1 aromatic heterocycles. The Morgan fingerprint density at radius 1 is 0.683 bits per heavy atom. The molecule has 4 rings (SSSR count). The standard InChI is InChI=1S/C40H58N12O11/c41-35(59)27(15-20-9-11-22(54)12-10-20)51-37(61)26(8-4-14-47-40(44)45)50-38(62)28(16-21-18-48-24-6-2-1-5-23(21)24)52-36(60)25(7-3-13-46-39(42)43)49-31(55)17-29-32(56)34(58)33(57)30(19-53)63-29/h1-2,5-6,9-12,18,25-30,32-34,48,53-54,56-58H,3-4,7-8,13-17,19H2,(H2,41,59)(H,49,55)(H,50,62)(H,51,61)(H,52,60)(H4,42,43,46)(H4,44,45,47)/t25-,26-,27-,28-,29+,30+,32-,33-,34+/m0/s1. The zero-order valence-electron chi connectivity index (χ0n) is 34.4. The first-order valence-electron chi connectivity index (χ1n) is 20.2. The van der Waals surface area contributed by atoms with Gasteiger partial charge in [0, 0.05) is 43.0 Å². The van der Waals surface area contributed by atoms with Gasteiger partial charge in [-0.2, -0.15) is 0 Å². The van der Waals surface area contributed by atoms with Crippen LogP contribution in [-0.2, 0) is 41.6 Å². The first-order chi connectivity index (χ1) is 30.0. The number of rotatable bonds is 23. The van der Waals surface area contributed by atoms with Crippen LogP contribution < -0.4 is 49.9 Å². The molecule has 1 aliphatic rings. The van der Waals surface area contributed by atoms with Crippen LogP contribution in [0, 0.1) is 0 Å². The molecular weight excluding hydrogens is 825 g/mol. The maximum Gasteiger partial charge on any atom is 0.243 e. The van der Waals surface area contributed by atoms with E-state index in [0.29, 0.717) is 11.1 Å². The Labute approximate surface area is 361 Å². The number of hydrogen-bond acceptors (Lipinski definition) is 13. The molecule has 0 aliphatic carbocycles. The molecule has 9 atom stereocenters. The molecule has 20 N–H and O–H groups in total. The molecule has 0 spiro atoms. The number of aromatic amines is 1. The number of nitrogens with two attached hydrogens (primary N) is 5. The number of aromatic hydroxyl groups is 1. The summed E-state index contributed by atoms with van der Waals surface area (Å²) in [4.78, 5) is 79.4. The van der Waals surface area contributed by atoms with E-state index in [9.17, 15) is 49.5 Å². The topological polar surface area (TPSA) is 414 Å². The Bertz CT molecular complexity index is 2070. The minimum atomic E-state index is -1.74. The number of primary amides is 1. The van der Waals surface area contributed by atoms with Crippen molar-refractivity contribution in [2.45, 2.75) is 99.6 Å². The summed E-state index contributed by atoms with van der Waals surface area (Å²) in [5.41, 5.74) is 29.5. The van der Waals surface area contributed by atoms with Gasteiger partial charge in [-0.3, -0.25) is 34.0 Å². The van der Waals surface area contributed by atoms with E-state index >= 15 is 0 Å². The SMILES string of the molecule is NC(=O)[C@H](Cc1ccc(O)cc1)NC(=O)[C@H](CCCN=C(N)N)NC(=O)[C@H](Cc1c[nH]c2ccccc12)NC(=O)[C@H](CCCN=C(N)N)NC(=O)C[C@H]1O[C@H](CO)[C@H](O)[C@H](O)[C@H]1O. The van der Waals surface area contributed by atoms with Gasteiger partial charge < -0.3 is 85.2 Å². The van der Waals surface area contributed by atoms with Crippen LogP contribution in [-0.4, -0.2) is 146 Å². The average molecular weight is 883 g/mol. The fourth-order valence-electron chi connectivity index (χ4n) is 6.97. The molecule has 1 fully saturated rings. The molecule has 23 heteroatoms. The molecular formula is C40H58N12O11. The van der Waals surface area contributed by atoms with Crippen LogP contribution in [0.2, 0.25) is 0 Å². The molecule has 63 heavy (non-hydrogen) atoms. The number of aliphatic imine (C=N–C) groups is 2. The van der Waals surface area contributed by atoms with Crippen LogP contribution in [0.15, 0.2) is 64.7 Å².